The number of aryl methyl sites for hydroxylation is 1. The number of nitrogens with zero attached hydrogens (tertiary/aromatic N) is 4. The lowest BCUT2D eigenvalue weighted by atomic mass is 10.2. The third-order valence-corrected chi connectivity index (χ3v) is 3.80. The molecule has 3 rings (SSSR count). The Kier molecular flexibility index (Phi) is 4.53. The molecule has 1 amide bonds. The second-order valence-corrected chi connectivity index (χ2v) is 5.48. The molecule has 1 fully saturated rings. The van der Waals surface area contributed by atoms with Crippen molar-refractivity contribution in [2.45, 2.75) is 26.3 Å². The van der Waals surface area contributed by atoms with Crippen LogP contribution in [0.2, 0.25) is 0 Å². The summed E-state index contributed by atoms with van der Waals surface area (Å²) in [5, 5.41) is 3.89. The molecule has 2 aromatic heterocycles. The van der Waals surface area contributed by atoms with Crippen LogP contribution in [0.15, 0.2) is 27.7 Å². The molecule has 1 aliphatic heterocycles. The molecule has 1 aliphatic rings. The first-order valence-electron chi connectivity index (χ1n) is 7.60. The maximum absolute atomic E-state index is 12.4. The van der Waals surface area contributed by atoms with Crippen LogP contribution in [0.5, 0.6) is 0 Å². The summed E-state index contributed by atoms with van der Waals surface area (Å²) in [6.45, 7) is 5.83. The number of rotatable bonds is 5. The Balaban J connectivity index is 1.52. The monoisotopic (exact) mass is 304 g/mol. The predicted octanol–water partition coefficient (Wildman–Crippen LogP) is 1.57. The van der Waals surface area contributed by atoms with Crippen LogP contribution in [0, 0.1) is 0 Å². The van der Waals surface area contributed by atoms with E-state index >= 15 is 0 Å². The van der Waals surface area contributed by atoms with Crippen molar-refractivity contribution in [3.8, 4) is 0 Å². The summed E-state index contributed by atoms with van der Waals surface area (Å²) < 4.78 is 10.2. The lowest BCUT2D eigenvalue weighted by Crippen LogP contribution is -2.48. The number of carbonyl (C=O) groups is 1. The average molecular weight is 304 g/mol. The first-order valence-corrected chi connectivity index (χ1v) is 7.60. The van der Waals surface area contributed by atoms with Gasteiger partial charge in [0, 0.05) is 45.2 Å². The molecular formula is C15H20N4O3. The van der Waals surface area contributed by atoms with Gasteiger partial charge in [0.15, 0.2) is 12.1 Å². The van der Waals surface area contributed by atoms with Crippen LogP contribution in [0.4, 0.5) is 0 Å². The van der Waals surface area contributed by atoms with Crippen LogP contribution >= 0.6 is 0 Å². The Morgan fingerprint density at radius 3 is 2.82 bits per heavy atom. The van der Waals surface area contributed by atoms with Gasteiger partial charge < -0.3 is 13.8 Å². The third kappa shape index (κ3) is 3.36. The van der Waals surface area contributed by atoms with Gasteiger partial charge in [0.2, 0.25) is 0 Å². The summed E-state index contributed by atoms with van der Waals surface area (Å²) in [5.41, 5.74) is 1.33. The Morgan fingerprint density at radius 1 is 1.32 bits per heavy atom. The van der Waals surface area contributed by atoms with Gasteiger partial charge in [-0.15, -0.1) is 0 Å². The highest BCUT2D eigenvalue weighted by Crippen LogP contribution is 2.12. The molecule has 0 aliphatic carbocycles. The Hall–Kier alpha value is -2.15. The summed E-state index contributed by atoms with van der Waals surface area (Å²) >= 11 is 0. The minimum atomic E-state index is -0.0489. The van der Waals surface area contributed by atoms with E-state index in [1.54, 1.807) is 12.3 Å². The Labute approximate surface area is 128 Å². The standard InChI is InChI=1S/C15H20N4O3/c1-2-3-13-8-14(17-22-13)15(20)19-6-4-18(5-7-19)9-12-10-21-11-16-12/h8,10-11H,2-7,9H2,1H3. The lowest BCUT2D eigenvalue weighted by Gasteiger charge is -2.33. The van der Waals surface area contributed by atoms with E-state index in [2.05, 4.69) is 22.0 Å². The van der Waals surface area contributed by atoms with E-state index in [9.17, 15) is 4.79 Å². The van der Waals surface area contributed by atoms with Gasteiger partial charge in [0.1, 0.15) is 12.0 Å². The maximum Gasteiger partial charge on any atom is 0.276 e. The first kappa shape index (κ1) is 14.8. The molecule has 0 unspecified atom stereocenters. The first-order chi connectivity index (χ1) is 10.8. The second kappa shape index (κ2) is 6.74. The summed E-state index contributed by atoms with van der Waals surface area (Å²) in [7, 11) is 0. The highest BCUT2D eigenvalue weighted by Gasteiger charge is 2.24. The summed E-state index contributed by atoms with van der Waals surface area (Å²) in [4.78, 5) is 20.6. The van der Waals surface area contributed by atoms with E-state index in [1.165, 1.54) is 6.39 Å². The highest BCUT2D eigenvalue weighted by molar-refractivity contribution is 5.92. The molecule has 0 atom stereocenters. The number of oxazole rings is 1. The van der Waals surface area contributed by atoms with Crippen LogP contribution in [-0.4, -0.2) is 52.0 Å². The maximum atomic E-state index is 12.4. The van der Waals surface area contributed by atoms with Crippen molar-refractivity contribution in [1.82, 2.24) is 19.9 Å². The highest BCUT2D eigenvalue weighted by atomic mass is 16.5. The lowest BCUT2D eigenvalue weighted by molar-refractivity contribution is 0.0617. The van der Waals surface area contributed by atoms with Crippen molar-refractivity contribution in [1.29, 1.82) is 0 Å². The molecule has 7 heteroatoms. The molecule has 0 aromatic carbocycles. The van der Waals surface area contributed by atoms with Gasteiger partial charge in [-0.25, -0.2) is 4.98 Å². The average Bonchev–Trinajstić information content (AvgIpc) is 3.20. The number of aromatic nitrogens is 2. The minimum absolute atomic E-state index is 0.0489. The molecule has 0 spiro atoms. The molecular weight excluding hydrogens is 284 g/mol. The summed E-state index contributed by atoms with van der Waals surface area (Å²) in [6.07, 6.45) is 4.88. The van der Waals surface area contributed by atoms with Crippen LogP contribution in [0.3, 0.4) is 0 Å². The molecule has 2 aromatic rings. The van der Waals surface area contributed by atoms with Crippen molar-refractivity contribution in [2.75, 3.05) is 26.2 Å². The molecule has 0 N–H and O–H groups in total. The zero-order chi connectivity index (χ0) is 15.4. The molecule has 0 bridgehead atoms. The predicted molar refractivity (Wildman–Crippen MR) is 78.2 cm³/mol. The van der Waals surface area contributed by atoms with Gasteiger partial charge in [-0.05, 0) is 6.42 Å². The van der Waals surface area contributed by atoms with E-state index < -0.39 is 0 Å². The zero-order valence-corrected chi connectivity index (χ0v) is 12.7. The van der Waals surface area contributed by atoms with Crippen LogP contribution < -0.4 is 0 Å². The topological polar surface area (TPSA) is 75.6 Å². The van der Waals surface area contributed by atoms with Crippen molar-refractivity contribution >= 4 is 5.91 Å². The number of hydrogen-bond donors (Lipinski definition) is 0. The molecule has 7 nitrogen and oxygen atoms in total. The summed E-state index contributed by atoms with van der Waals surface area (Å²) in [6, 6.07) is 1.76. The van der Waals surface area contributed by atoms with Crippen molar-refractivity contribution < 1.29 is 13.7 Å². The minimum Gasteiger partial charge on any atom is -0.451 e. The number of amides is 1. The molecule has 3 heterocycles. The van der Waals surface area contributed by atoms with E-state index in [0.717, 1.165) is 43.9 Å². The fourth-order valence-electron chi connectivity index (χ4n) is 2.59. The van der Waals surface area contributed by atoms with Crippen LogP contribution in [0.25, 0.3) is 0 Å². The number of hydrogen-bond acceptors (Lipinski definition) is 6. The summed E-state index contributed by atoms with van der Waals surface area (Å²) in [5.74, 6) is 0.725. The largest absolute Gasteiger partial charge is 0.451 e. The molecule has 1 saturated heterocycles. The van der Waals surface area contributed by atoms with Gasteiger partial charge in [0.25, 0.3) is 5.91 Å². The van der Waals surface area contributed by atoms with Gasteiger partial charge in [-0.1, -0.05) is 12.1 Å². The SMILES string of the molecule is CCCc1cc(C(=O)N2CCN(Cc3cocn3)CC2)no1. The molecule has 118 valence electrons. The number of piperazine rings is 1. The molecule has 0 radical (unpaired) electrons. The van der Waals surface area contributed by atoms with Gasteiger partial charge in [-0.2, -0.15) is 0 Å². The van der Waals surface area contributed by atoms with Gasteiger partial charge in [0.05, 0.1) is 5.69 Å². The molecule has 0 saturated carbocycles. The smallest absolute Gasteiger partial charge is 0.276 e. The Morgan fingerprint density at radius 2 is 2.14 bits per heavy atom. The van der Waals surface area contributed by atoms with Crippen LogP contribution in [-0.2, 0) is 13.0 Å². The van der Waals surface area contributed by atoms with Crippen molar-refractivity contribution in [2.24, 2.45) is 0 Å². The fourth-order valence-corrected chi connectivity index (χ4v) is 2.59. The quantitative estimate of drug-likeness (QED) is 0.834. The van der Waals surface area contributed by atoms with E-state index in [-0.39, 0.29) is 5.91 Å². The van der Waals surface area contributed by atoms with E-state index in [4.69, 9.17) is 8.94 Å². The van der Waals surface area contributed by atoms with Crippen molar-refractivity contribution in [3.63, 3.8) is 0 Å². The third-order valence-electron chi connectivity index (χ3n) is 3.80. The molecule has 22 heavy (non-hydrogen) atoms. The fraction of sp³-hybridized carbons (Fsp3) is 0.533. The van der Waals surface area contributed by atoms with Gasteiger partial charge >= 0.3 is 0 Å². The van der Waals surface area contributed by atoms with Crippen molar-refractivity contribution in [3.05, 3.63) is 35.9 Å². The van der Waals surface area contributed by atoms with E-state index in [1.807, 2.05) is 4.90 Å². The normalized spacial score (nSPS) is 16.1. The van der Waals surface area contributed by atoms with Gasteiger partial charge in [-0.3, -0.25) is 9.69 Å². The number of carbonyl (C=O) groups excluding carboxylic acids is 1. The van der Waals surface area contributed by atoms with Crippen LogP contribution in [0.1, 0.15) is 35.3 Å². The van der Waals surface area contributed by atoms with E-state index in [0.29, 0.717) is 18.8 Å². The second-order valence-electron chi connectivity index (χ2n) is 5.48. The zero-order valence-electron chi connectivity index (χ0n) is 12.7. The Bertz CT molecular complexity index is 600.